The van der Waals surface area contributed by atoms with Crippen molar-refractivity contribution in [2.75, 3.05) is 0 Å². The first-order chi connectivity index (χ1) is 7.67. The minimum absolute atomic E-state index is 0.146. The molecule has 0 radical (unpaired) electrons. The van der Waals surface area contributed by atoms with E-state index in [1.807, 2.05) is 0 Å². The topological polar surface area (TPSA) is 26.3 Å². The molecule has 0 amide bonds. The Balaban J connectivity index is 2.09. The maximum atomic E-state index is 11.4. The van der Waals surface area contributed by atoms with Crippen LogP contribution in [0.4, 0.5) is 0 Å². The van der Waals surface area contributed by atoms with E-state index in [1.165, 1.54) is 31.8 Å². The Morgan fingerprint density at radius 3 is 3.06 bits per heavy atom. The van der Waals surface area contributed by atoms with Crippen molar-refractivity contribution in [2.24, 2.45) is 11.8 Å². The highest BCUT2D eigenvalue weighted by molar-refractivity contribution is 5.81. The normalized spacial score (nSPS) is 37.8. The van der Waals surface area contributed by atoms with Gasteiger partial charge < -0.3 is 4.74 Å². The zero-order chi connectivity index (χ0) is 11.6. The Morgan fingerprint density at radius 2 is 2.38 bits per heavy atom. The van der Waals surface area contributed by atoms with Crippen LogP contribution in [-0.2, 0) is 9.53 Å². The standard InChI is InChI=1S/C14H22O2/c1-3-11-8-12-6-5-7-14(9-11,10-12)16-13(15)4-2/h4,11-12H,2-3,5-10H2,1H3. The van der Waals surface area contributed by atoms with Crippen molar-refractivity contribution in [3.05, 3.63) is 12.7 Å². The highest BCUT2D eigenvalue weighted by atomic mass is 16.6. The third-order valence-corrected chi connectivity index (χ3v) is 4.29. The van der Waals surface area contributed by atoms with Gasteiger partial charge in [0.15, 0.2) is 0 Å². The van der Waals surface area contributed by atoms with Gasteiger partial charge in [0.05, 0.1) is 0 Å². The molecule has 0 aromatic rings. The number of carbonyl (C=O) groups is 1. The van der Waals surface area contributed by atoms with Crippen LogP contribution in [0.5, 0.6) is 0 Å². The van der Waals surface area contributed by atoms with E-state index in [4.69, 9.17) is 4.74 Å². The number of rotatable bonds is 3. The lowest BCUT2D eigenvalue weighted by Crippen LogP contribution is -2.45. The maximum Gasteiger partial charge on any atom is 0.330 e. The van der Waals surface area contributed by atoms with Gasteiger partial charge in [0.1, 0.15) is 5.60 Å². The zero-order valence-corrected chi connectivity index (χ0v) is 10.2. The van der Waals surface area contributed by atoms with Gasteiger partial charge in [-0.25, -0.2) is 4.79 Å². The van der Waals surface area contributed by atoms with E-state index >= 15 is 0 Å². The van der Waals surface area contributed by atoms with Crippen LogP contribution < -0.4 is 0 Å². The first kappa shape index (κ1) is 11.7. The summed E-state index contributed by atoms with van der Waals surface area (Å²) in [5, 5.41) is 0. The molecule has 2 saturated carbocycles. The van der Waals surface area contributed by atoms with Crippen molar-refractivity contribution < 1.29 is 9.53 Å². The van der Waals surface area contributed by atoms with Gasteiger partial charge in [-0.2, -0.15) is 0 Å². The van der Waals surface area contributed by atoms with Crippen molar-refractivity contribution in [3.8, 4) is 0 Å². The van der Waals surface area contributed by atoms with Gasteiger partial charge in [-0.05, 0) is 43.9 Å². The summed E-state index contributed by atoms with van der Waals surface area (Å²) in [5.41, 5.74) is -0.146. The smallest absolute Gasteiger partial charge is 0.330 e. The van der Waals surface area contributed by atoms with E-state index in [-0.39, 0.29) is 11.6 Å². The molecule has 0 aromatic carbocycles. The fraction of sp³-hybridized carbons (Fsp3) is 0.786. The summed E-state index contributed by atoms with van der Waals surface area (Å²) >= 11 is 0. The summed E-state index contributed by atoms with van der Waals surface area (Å²) in [7, 11) is 0. The second-order valence-electron chi connectivity index (χ2n) is 5.48. The van der Waals surface area contributed by atoms with Gasteiger partial charge in [-0.15, -0.1) is 0 Å². The Morgan fingerprint density at radius 1 is 1.56 bits per heavy atom. The Hall–Kier alpha value is -0.790. The molecular formula is C14H22O2. The predicted molar refractivity (Wildman–Crippen MR) is 64.0 cm³/mol. The van der Waals surface area contributed by atoms with Crippen molar-refractivity contribution in [1.29, 1.82) is 0 Å². The van der Waals surface area contributed by atoms with Crippen molar-refractivity contribution in [3.63, 3.8) is 0 Å². The van der Waals surface area contributed by atoms with Crippen molar-refractivity contribution in [1.82, 2.24) is 0 Å². The minimum Gasteiger partial charge on any atom is -0.456 e. The first-order valence-corrected chi connectivity index (χ1v) is 6.53. The van der Waals surface area contributed by atoms with Crippen LogP contribution in [0.3, 0.4) is 0 Å². The van der Waals surface area contributed by atoms with Crippen LogP contribution in [0, 0.1) is 11.8 Å². The summed E-state index contributed by atoms with van der Waals surface area (Å²) in [5.74, 6) is 1.29. The van der Waals surface area contributed by atoms with Crippen LogP contribution in [-0.4, -0.2) is 11.6 Å². The van der Waals surface area contributed by atoms with Crippen LogP contribution in [0.15, 0.2) is 12.7 Å². The third-order valence-electron chi connectivity index (χ3n) is 4.29. The molecule has 0 aromatic heterocycles. The molecule has 2 heteroatoms. The van der Waals surface area contributed by atoms with Crippen molar-refractivity contribution in [2.45, 2.75) is 57.5 Å². The van der Waals surface area contributed by atoms with Gasteiger partial charge >= 0.3 is 5.97 Å². The number of hydrogen-bond donors (Lipinski definition) is 0. The number of fused-ring (bicyclic) bond motifs is 2. The molecule has 3 unspecified atom stereocenters. The summed E-state index contributed by atoms with van der Waals surface area (Å²) in [6.07, 6.45) is 9.60. The van der Waals surface area contributed by atoms with Crippen LogP contribution in [0.2, 0.25) is 0 Å². The van der Waals surface area contributed by atoms with E-state index in [0.29, 0.717) is 0 Å². The highest BCUT2D eigenvalue weighted by Crippen LogP contribution is 2.48. The molecule has 2 rings (SSSR count). The van der Waals surface area contributed by atoms with Gasteiger partial charge in [-0.1, -0.05) is 26.3 Å². The molecule has 2 nitrogen and oxygen atoms in total. The quantitative estimate of drug-likeness (QED) is 0.540. The minimum atomic E-state index is -0.239. The lowest BCUT2D eigenvalue weighted by molar-refractivity contribution is -0.166. The molecule has 2 fully saturated rings. The molecule has 0 aliphatic heterocycles. The van der Waals surface area contributed by atoms with E-state index in [9.17, 15) is 4.79 Å². The van der Waals surface area contributed by atoms with Gasteiger partial charge in [-0.3, -0.25) is 0 Å². The lowest BCUT2D eigenvalue weighted by atomic mass is 9.64. The average Bonchev–Trinajstić information content (AvgIpc) is 2.27. The second-order valence-corrected chi connectivity index (χ2v) is 5.48. The number of esters is 1. The molecule has 0 saturated heterocycles. The first-order valence-electron chi connectivity index (χ1n) is 6.53. The molecule has 2 bridgehead atoms. The molecule has 0 N–H and O–H groups in total. The maximum absolute atomic E-state index is 11.4. The second kappa shape index (κ2) is 4.60. The summed E-state index contributed by atoms with van der Waals surface area (Å²) < 4.78 is 5.67. The largest absolute Gasteiger partial charge is 0.456 e. The number of hydrogen-bond acceptors (Lipinski definition) is 2. The third kappa shape index (κ3) is 2.31. The van der Waals surface area contributed by atoms with Crippen molar-refractivity contribution >= 4 is 5.97 Å². The predicted octanol–water partition coefficient (Wildman–Crippen LogP) is 3.46. The fourth-order valence-electron chi connectivity index (χ4n) is 3.61. The monoisotopic (exact) mass is 222 g/mol. The molecular weight excluding hydrogens is 200 g/mol. The molecule has 3 atom stereocenters. The average molecular weight is 222 g/mol. The van der Waals surface area contributed by atoms with E-state index in [2.05, 4.69) is 13.5 Å². The van der Waals surface area contributed by atoms with E-state index in [0.717, 1.165) is 31.1 Å². The number of ether oxygens (including phenoxy) is 1. The van der Waals surface area contributed by atoms with E-state index in [1.54, 1.807) is 0 Å². The van der Waals surface area contributed by atoms with Gasteiger partial charge in [0, 0.05) is 6.08 Å². The molecule has 0 spiro atoms. The van der Waals surface area contributed by atoms with Gasteiger partial charge in [0.2, 0.25) is 0 Å². The Labute approximate surface area is 98.1 Å². The summed E-state index contributed by atoms with van der Waals surface area (Å²) in [6.45, 7) is 5.74. The lowest BCUT2D eigenvalue weighted by Gasteiger charge is -2.47. The zero-order valence-electron chi connectivity index (χ0n) is 10.2. The summed E-state index contributed by atoms with van der Waals surface area (Å²) in [6, 6.07) is 0. The SMILES string of the molecule is C=CC(=O)OC12CCCC(CC(CC)C1)C2. The molecule has 0 heterocycles. The Kier molecular flexibility index (Phi) is 3.36. The molecule has 2 aliphatic carbocycles. The summed E-state index contributed by atoms with van der Waals surface area (Å²) in [4.78, 5) is 11.4. The fourth-order valence-corrected chi connectivity index (χ4v) is 3.61. The Bertz CT molecular complexity index is 284. The van der Waals surface area contributed by atoms with Crippen LogP contribution in [0.25, 0.3) is 0 Å². The van der Waals surface area contributed by atoms with Gasteiger partial charge in [0.25, 0.3) is 0 Å². The van der Waals surface area contributed by atoms with Crippen LogP contribution in [0.1, 0.15) is 51.9 Å². The number of carbonyl (C=O) groups excluding carboxylic acids is 1. The van der Waals surface area contributed by atoms with Crippen LogP contribution >= 0.6 is 0 Å². The highest BCUT2D eigenvalue weighted by Gasteiger charge is 2.45. The molecule has 90 valence electrons. The molecule has 2 aliphatic rings. The molecule has 16 heavy (non-hydrogen) atoms. The van der Waals surface area contributed by atoms with E-state index < -0.39 is 0 Å².